The van der Waals surface area contributed by atoms with Crippen LogP contribution in [0.1, 0.15) is 13.3 Å². The second-order valence-corrected chi connectivity index (χ2v) is 5.13. The summed E-state index contributed by atoms with van der Waals surface area (Å²) in [6, 6.07) is 3.89. The Kier molecular flexibility index (Phi) is 4.14. The van der Waals surface area contributed by atoms with Gasteiger partial charge in [0.1, 0.15) is 11.3 Å². The molecule has 1 unspecified atom stereocenters. The van der Waals surface area contributed by atoms with Gasteiger partial charge in [0.25, 0.3) is 0 Å². The van der Waals surface area contributed by atoms with E-state index in [4.69, 9.17) is 0 Å². The van der Waals surface area contributed by atoms with Gasteiger partial charge < -0.3 is 5.32 Å². The van der Waals surface area contributed by atoms with Gasteiger partial charge in [0.2, 0.25) is 0 Å². The van der Waals surface area contributed by atoms with Crippen molar-refractivity contribution < 1.29 is 0 Å². The molecule has 2 aromatic rings. The number of hydrogen-bond donors (Lipinski definition) is 1. The van der Waals surface area contributed by atoms with Crippen LogP contribution in [0.2, 0.25) is 0 Å². The molecule has 1 atom stereocenters. The summed E-state index contributed by atoms with van der Waals surface area (Å²) in [5, 5.41) is 3.98. The first-order chi connectivity index (χ1) is 8.29. The van der Waals surface area contributed by atoms with Crippen molar-refractivity contribution in [2.24, 2.45) is 0 Å². The van der Waals surface area contributed by atoms with E-state index < -0.39 is 0 Å². The summed E-state index contributed by atoms with van der Waals surface area (Å²) in [6.07, 6.45) is 6.60. The maximum absolute atomic E-state index is 4.41. The van der Waals surface area contributed by atoms with E-state index in [0.29, 0.717) is 10.9 Å². The van der Waals surface area contributed by atoms with Crippen LogP contribution in [0.15, 0.2) is 24.5 Å². The van der Waals surface area contributed by atoms with E-state index in [-0.39, 0.29) is 0 Å². The van der Waals surface area contributed by atoms with E-state index in [1.807, 2.05) is 23.9 Å². The van der Waals surface area contributed by atoms with Crippen molar-refractivity contribution >= 4 is 28.7 Å². The zero-order chi connectivity index (χ0) is 12.1. The van der Waals surface area contributed by atoms with Gasteiger partial charge in [-0.15, -0.1) is 0 Å². The lowest BCUT2D eigenvalue weighted by Gasteiger charge is -2.09. The highest BCUT2D eigenvalue weighted by atomic mass is 32.2. The Morgan fingerprint density at radius 3 is 2.94 bits per heavy atom. The van der Waals surface area contributed by atoms with Crippen LogP contribution in [0.5, 0.6) is 0 Å². The van der Waals surface area contributed by atoms with Gasteiger partial charge in [-0.05, 0) is 24.8 Å². The standard InChI is InChI=1S/C12H16N4S/c1-9(17-2)5-6-14-11-4-3-10-12(16-11)15-8-7-13-10/h3-4,7-9H,5-6H2,1-2H3,(H,14,15,16). The molecule has 0 fully saturated rings. The lowest BCUT2D eigenvalue weighted by molar-refractivity contribution is 0.850. The molecule has 2 aromatic heterocycles. The smallest absolute Gasteiger partial charge is 0.180 e. The van der Waals surface area contributed by atoms with Crippen molar-refractivity contribution in [3.8, 4) is 0 Å². The van der Waals surface area contributed by atoms with Crippen LogP contribution >= 0.6 is 11.8 Å². The third-order valence-electron chi connectivity index (χ3n) is 2.59. The Morgan fingerprint density at radius 2 is 2.12 bits per heavy atom. The number of fused-ring (bicyclic) bond motifs is 1. The van der Waals surface area contributed by atoms with Crippen molar-refractivity contribution in [1.82, 2.24) is 15.0 Å². The third kappa shape index (κ3) is 3.30. The van der Waals surface area contributed by atoms with Crippen LogP contribution in [0.3, 0.4) is 0 Å². The maximum Gasteiger partial charge on any atom is 0.180 e. The molecule has 0 saturated carbocycles. The summed E-state index contributed by atoms with van der Waals surface area (Å²) in [5.41, 5.74) is 1.52. The number of anilines is 1. The topological polar surface area (TPSA) is 50.7 Å². The van der Waals surface area contributed by atoms with Crippen molar-refractivity contribution in [3.63, 3.8) is 0 Å². The zero-order valence-electron chi connectivity index (χ0n) is 10.1. The SMILES string of the molecule is CSC(C)CCNc1ccc2nccnc2n1. The molecule has 0 spiro atoms. The Bertz CT molecular complexity index is 489. The molecule has 2 rings (SSSR count). The predicted octanol–water partition coefficient (Wildman–Crippen LogP) is 2.58. The fraction of sp³-hybridized carbons (Fsp3) is 0.417. The lowest BCUT2D eigenvalue weighted by atomic mass is 10.3. The van der Waals surface area contributed by atoms with Crippen LogP contribution < -0.4 is 5.32 Å². The minimum absolute atomic E-state index is 0.669. The van der Waals surface area contributed by atoms with Gasteiger partial charge in [0.05, 0.1) is 0 Å². The fourth-order valence-corrected chi connectivity index (χ4v) is 1.83. The molecule has 0 aliphatic rings. The van der Waals surface area contributed by atoms with E-state index in [0.717, 1.165) is 24.3 Å². The summed E-state index contributed by atoms with van der Waals surface area (Å²) in [7, 11) is 0. The number of nitrogens with one attached hydrogen (secondary N) is 1. The number of aromatic nitrogens is 3. The molecule has 0 aliphatic carbocycles. The van der Waals surface area contributed by atoms with E-state index in [1.54, 1.807) is 12.4 Å². The summed E-state index contributed by atoms with van der Waals surface area (Å²) < 4.78 is 0. The van der Waals surface area contributed by atoms with Gasteiger partial charge in [-0.2, -0.15) is 11.8 Å². The molecule has 1 N–H and O–H groups in total. The van der Waals surface area contributed by atoms with Crippen LogP contribution in [0, 0.1) is 0 Å². The summed E-state index contributed by atoms with van der Waals surface area (Å²) in [6.45, 7) is 3.16. The summed E-state index contributed by atoms with van der Waals surface area (Å²) in [4.78, 5) is 12.8. The first kappa shape index (κ1) is 12.1. The number of nitrogens with zero attached hydrogens (tertiary/aromatic N) is 3. The van der Waals surface area contributed by atoms with Gasteiger partial charge in [-0.25, -0.2) is 9.97 Å². The van der Waals surface area contributed by atoms with Crippen LogP contribution in [0.4, 0.5) is 5.82 Å². The molecule has 0 aliphatic heterocycles. The van der Waals surface area contributed by atoms with Crippen LogP contribution in [0.25, 0.3) is 11.2 Å². The molecule has 2 heterocycles. The van der Waals surface area contributed by atoms with Crippen molar-refractivity contribution in [2.75, 3.05) is 18.1 Å². The molecular weight excluding hydrogens is 232 g/mol. The molecule has 90 valence electrons. The highest BCUT2D eigenvalue weighted by Gasteiger charge is 2.01. The first-order valence-electron chi connectivity index (χ1n) is 5.64. The van der Waals surface area contributed by atoms with Gasteiger partial charge in [0, 0.05) is 24.2 Å². The van der Waals surface area contributed by atoms with E-state index in [9.17, 15) is 0 Å². The number of thioether (sulfide) groups is 1. The zero-order valence-corrected chi connectivity index (χ0v) is 10.9. The summed E-state index contributed by atoms with van der Waals surface area (Å²) >= 11 is 1.88. The average Bonchev–Trinajstić information content (AvgIpc) is 2.38. The molecule has 5 heteroatoms. The first-order valence-corrected chi connectivity index (χ1v) is 6.93. The van der Waals surface area contributed by atoms with Gasteiger partial charge in [-0.3, -0.25) is 4.98 Å². The lowest BCUT2D eigenvalue weighted by Crippen LogP contribution is -2.08. The van der Waals surface area contributed by atoms with Crippen LogP contribution in [-0.4, -0.2) is 33.0 Å². The fourth-order valence-electron chi connectivity index (χ4n) is 1.47. The normalized spacial score (nSPS) is 12.6. The monoisotopic (exact) mass is 248 g/mol. The van der Waals surface area contributed by atoms with E-state index >= 15 is 0 Å². The van der Waals surface area contributed by atoms with Crippen LogP contribution in [-0.2, 0) is 0 Å². The van der Waals surface area contributed by atoms with Gasteiger partial charge in [0.15, 0.2) is 5.65 Å². The highest BCUT2D eigenvalue weighted by Crippen LogP contribution is 2.12. The number of hydrogen-bond acceptors (Lipinski definition) is 5. The minimum Gasteiger partial charge on any atom is -0.370 e. The highest BCUT2D eigenvalue weighted by molar-refractivity contribution is 7.99. The number of rotatable bonds is 5. The Hall–Kier alpha value is -1.36. The van der Waals surface area contributed by atoms with Gasteiger partial charge >= 0.3 is 0 Å². The van der Waals surface area contributed by atoms with Gasteiger partial charge in [-0.1, -0.05) is 6.92 Å². The Balaban J connectivity index is 1.99. The molecule has 0 bridgehead atoms. The van der Waals surface area contributed by atoms with Crippen molar-refractivity contribution in [3.05, 3.63) is 24.5 Å². The molecule has 0 radical (unpaired) electrons. The molecule has 0 aromatic carbocycles. The Morgan fingerprint density at radius 1 is 1.29 bits per heavy atom. The molecule has 0 saturated heterocycles. The molecule has 0 amide bonds. The molecule has 17 heavy (non-hydrogen) atoms. The van der Waals surface area contributed by atoms with E-state index in [1.165, 1.54) is 0 Å². The quantitative estimate of drug-likeness (QED) is 0.881. The van der Waals surface area contributed by atoms with Crippen molar-refractivity contribution in [1.29, 1.82) is 0 Å². The maximum atomic E-state index is 4.41. The average molecular weight is 248 g/mol. The second-order valence-electron chi connectivity index (χ2n) is 3.86. The minimum atomic E-state index is 0.669. The number of pyridine rings is 1. The summed E-state index contributed by atoms with van der Waals surface area (Å²) in [5.74, 6) is 0.867. The largest absolute Gasteiger partial charge is 0.370 e. The molecule has 4 nitrogen and oxygen atoms in total. The predicted molar refractivity (Wildman–Crippen MR) is 73.4 cm³/mol. The Labute approximate surface area is 105 Å². The second kappa shape index (κ2) is 5.82. The third-order valence-corrected chi connectivity index (χ3v) is 3.63. The van der Waals surface area contributed by atoms with Crippen molar-refractivity contribution in [2.45, 2.75) is 18.6 Å². The molecular formula is C12H16N4S. The van der Waals surface area contributed by atoms with E-state index in [2.05, 4.69) is 33.4 Å².